The molecule has 0 aromatic heterocycles. The number of fused-ring (bicyclic) bond motifs is 1. The van der Waals surface area contributed by atoms with Crippen LogP contribution in [0.4, 0.5) is 0 Å². The van der Waals surface area contributed by atoms with E-state index in [0.29, 0.717) is 5.56 Å². The largest absolute Gasteiger partial charge is 0.399 e. The molecule has 0 heterocycles. The fourth-order valence-corrected chi connectivity index (χ4v) is 3.22. The van der Waals surface area contributed by atoms with Crippen molar-refractivity contribution >= 4 is 12.1 Å². The second-order valence-corrected chi connectivity index (χ2v) is 6.47. The summed E-state index contributed by atoms with van der Waals surface area (Å²) in [6, 6.07) is 13.9. The Balaban J connectivity index is 1.67. The van der Waals surface area contributed by atoms with E-state index in [1.807, 2.05) is 19.1 Å². The number of aryl methyl sites for hydroxylation is 2. The molecule has 25 heavy (non-hydrogen) atoms. The van der Waals surface area contributed by atoms with E-state index in [0.717, 1.165) is 17.5 Å². The fourth-order valence-electron chi connectivity index (χ4n) is 3.22. The van der Waals surface area contributed by atoms with Crippen LogP contribution in [0, 0.1) is 0 Å². The first-order chi connectivity index (χ1) is 12.2. The van der Waals surface area contributed by atoms with Crippen LogP contribution in [0.5, 0.6) is 0 Å². The lowest BCUT2D eigenvalue weighted by atomic mass is 9.89. The first-order valence-corrected chi connectivity index (χ1v) is 8.76. The number of benzene rings is 2. The second-order valence-electron chi connectivity index (χ2n) is 6.47. The minimum absolute atomic E-state index is 0.0190. The van der Waals surface area contributed by atoms with Crippen LogP contribution in [0.2, 0.25) is 0 Å². The van der Waals surface area contributed by atoms with Gasteiger partial charge in [0.2, 0.25) is 0 Å². The summed E-state index contributed by atoms with van der Waals surface area (Å²) in [5.74, 6) is -0.0690. The van der Waals surface area contributed by atoms with Crippen molar-refractivity contribution in [1.82, 2.24) is 5.32 Å². The van der Waals surface area contributed by atoms with Gasteiger partial charge in [-0.15, -0.1) is 0 Å². The maximum Gasteiger partial charge on any atom is 0.251 e. The Morgan fingerprint density at radius 2 is 1.84 bits per heavy atom. The molecular formula is C21H24N2O2. The molecule has 0 aliphatic heterocycles. The average Bonchev–Trinajstić information content (AvgIpc) is 2.66. The zero-order chi connectivity index (χ0) is 17.6. The number of nitrogens with zero attached hydrogens (tertiary/aromatic N) is 1. The lowest BCUT2D eigenvalue weighted by Gasteiger charge is -2.20. The third-order valence-corrected chi connectivity index (χ3v) is 4.70. The highest BCUT2D eigenvalue weighted by Gasteiger charge is 2.15. The third kappa shape index (κ3) is 4.27. The number of rotatable bonds is 5. The molecule has 1 N–H and O–H groups in total. The molecule has 1 aliphatic rings. The highest BCUT2D eigenvalue weighted by molar-refractivity contribution is 5.95. The van der Waals surface area contributed by atoms with E-state index in [1.165, 1.54) is 37.5 Å². The molecule has 1 aliphatic carbocycles. The van der Waals surface area contributed by atoms with Crippen molar-refractivity contribution in [3.8, 4) is 0 Å². The average molecular weight is 336 g/mol. The second kappa shape index (κ2) is 7.97. The van der Waals surface area contributed by atoms with Crippen LogP contribution in [0.25, 0.3) is 0 Å². The summed E-state index contributed by atoms with van der Waals surface area (Å²) >= 11 is 0. The number of oxime groups is 1. The van der Waals surface area contributed by atoms with Gasteiger partial charge in [-0.2, -0.15) is 0 Å². The van der Waals surface area contributed by atoms with Crippen molar-refractivity contribution in [2.24, 2.45) is 5.16 Å². The van der Waals surface area contributed by atoms with Gasteiger partial charge in [-0.1, -0.05) is 35.5 Å². The molecule has 4 nitrogen and oxygen atoms in total. The van der Waals surface area contributed by atoms with E-state index >= 15 is 0 Å². The Kier molecular flexibility index (Phi) is 5.49. The van der Waals surface area contributed by atoms with Crippen LogP contribution < -0.4 is 5.32 Å². The summed E-state index contributed by atoms with van der Waals surface area (Å²) in [7, 11) is 1.50. The van der Waals surface area contributed by atoms with Gasteiger partial charge in [0.15, 0.2) is 0 Å². The number of hydrogen-bond donors (Lipinski definition) is 1. The van der Waals surface area contributed by atoms with Gasteiger partial charge in [0.1, 0.15) is 7.11 Å². The summed E-state index contributed by atoms with van der Waals surface area (Å²) in [6.07, 6.45) is 6.47. The summed E-state index contributed by atoms with van der Waals surface area (Å²) in [5.41, 5.74) is 5.59. The van der Waals surface area contributed by atoms with Crippen molar-refractivity contribution in [2.75, 3.05) is 7.11 Å². The smallest absolute Gasteiger partial charge is 0.251 e. The minimum atomic E-state index is -0.0690. The van der Waals surface area contributed by atoms with Gasteiger partial charge in [0.05, 0.1) is 12.3 Å². The lowest BCUT2D eigenvalue weighted by Crippen LogP contribution is -2.26. The standard InChI is InChI=1S/C21H24N2O2/c1-15(19-12-11-17-5-3-4-6-20(17)13-19)23-21(24)18-9-7-16(8-10-18)14-22-25-2/h7-15H,3-6H2,1-2H3,(H,23,24)/b22-14+. The van der Waals surface area contributed by atoms with Crippen LogP contribution in [0.15, 0.2) is 47.6 Å². The number of nitrogens with one attached hydrogen (secondary N) is 1. The zero-order valence-corrected chi connectivity index (χ0v) is 14.8. The molecule has 0 saturated heterocycles. The van der Waals surface area contributed by atoms with Crippen LogP contribution >= 0.6 is 0 Å². The Morgan fingerprint density at radius 3 is 2.56 bits per heavy atom. The van der Waals surface area contributed by atoms with E-state index in [1.54, 1.807) is 18.3 Å². The van der Waals surface area contributed by atoms with Gasteiger partial charge in [0.25, 0.3) is 5.91 Å². The van der Waals surface area contributed by atoms with Gasteiger partial charge in [-0.05, 0) is 67.0 Å². The van der Waals surface area contributed by atoms with E-state index in [-0.39, 0.29) is 11.9 Å². The van der Waals surface area contributed by atoms with E-state index in [4.69, 9.17) is 0 Å². The van der Waals surface area contributed by atoms with E-state index < -0.39 is 0 Å². The van der Waals surface area contributed by atoms with Crippen molar-refractivity contribution < 1.29 is 9.63 Å². The Morgan fingerprint density at radius 1 is 1.12 bits per heavy atom. The number of carbonyl (C=O) groups is 1. The molecule has 0 bridgehead atoms. The summed E-state index contributed by atoms with van der Waals surface area (Å²) in [6.45, 7) is 2.03. The molecule has 0 fully saturated rings. The van der Waals surface area contributed by atoms with Gasteiger partial charge < -0.3 is 10.2 Å². The highest BCUT2D eigenvalue weighted by atomic mass is 16.6. The van der Waals surface area contributed by atoms with E-state index in [9.17, 15) is 4.79 Å². The van der Waals surface area contributed by atoms with Gasteiger partial charge in [-0.25, -0.2) is 0 Å². The SMILES string of the molecule is CO/N=C/c1ccc(C(=O)NC(C)c2ccc3c(c2)CCCC3)cc1. The van der Waals surface area contributed by atoms with E-state index in [2.05, 4.69) is 33.5 Å². The first kappa shape index (κ1) is 17.2. The zero-order valence-electron chi connectivity index (χ0n) is 14.8. The number of amides is 1. The van der Waals surface area contributed by atoms with Gasteiger partial charge in [-0.3, -0.25) is 4.79 Å². The van der Waals surface area contributed by atoms with Crippen molar-refractivity contribution in [2.45, 2.75) is 38.6 Å². The Bertz CT molecular complexity index is 766. The van der Waals surface area contributed by atoms with Crippen LogP contribution in [0.1, 0.15) is 58.4 Å². The van der Waals surface area contributed by atoms with Gasteiger partial charge >= 0.3 is 0 Å². The third-order valence-electron chi connectivity index (χ3n) is 4.70. The van der Waals surface area contributed by atoms with Crippen LogP contribution in [0.3, 0.4) is 0 Å². The molecule has 1 atom stereocenters. The molecule has 0 saturated carbocycles. The predicted molar refractivity (Wildman–Crippen MR) is 100 cm³/mol. The maximum absolute atomic E-state index is 12.5. The molecule has 2 aromatic carbocycles. The molecule has 0 radical (unpaired) electrons. The quantitative estimate of drug-likeness (QED) is 0.662. The van der Waals surface area contributed by atoms with Crippen LogP contribution in [-0.2, 0) is 17.7 Å². The van der Waals surface area contributed by atoms with Crippen molar-refractivity contribution in [3.63, 3.8) is 0 Å². The monoisotopic (exact) mass is 336 g/mol. The molecule has 3 rings (SSSR count). The Hall–Kier alpha value is -2.62. The molecule has 1 unspecified atom stereocenters. The number of hydrogen-bond acceptors (Lipinski definition) is 3. The summed E-state index contributed by atoms with van der Waals surface area (Å²) in [5, 5.41) is 6.80. The fraction of sp³-hybridized carbons (Fsp3) is 0.333. The lowest BCUT2D eigenvalue weighted by molar-refractivity contribution is 0.0940. The van der Waals surface area contributed by atoms with Crippen LogP contribution in [-0.4, -0.2) is 19.2 Å². The Labute approximate surface area is 148 Å². The topological polar surface area (TPSA) is 50.7 Å². The summed E-state index contributed by atoms with van der Waals surface area (Å²) < 4.78 is 0. The number of carbonyl (C=O) groups excluding carboxylic acids is 1. The maximum atomic E-state index is 12.5. The van der Waals surface area contributed by atoms with Gasteiger partial charge in [0, 0.05) is 5.56 Å². The van der Waals surface area contributed by atoms with Crippen molar-refractivity contribution in [3.05, 3.63) is 70.3 Å². The normalized spacial score (nSPS) is 14.8. The predicted octanol–water partition coefficient (Wildman–Crippen LogP) is 4.04. The first-order valence-electron chi connectivity index (χ1n) is 8.76. The molecular weight excluding hydrogens is 312 g/mol. The van der Waals surface area contributed by atoms with Crippen molar-refractivity contribution in [1.29, 1.82) is 0 Å². The molecule has 4 heteroatoms. The summed E-state index contributed by atoms with van der Waals surface area (Å²) in [4.78, 5) is 17.1. The molecule has 2 aromatic rings. The molecule has 0 spiro atoms. The molecule has 130 valence electrons. The minimum Gasteiger partial charge on any atom is -0.399 e. The highest BCUT2D eigenvalue weighted by Crippen LogP contribution is 2.25. The molecule has 1 amide bonds.